The number of carbonyl (C=O) groups is 3. The van der Waals surface area contributed by atoms with Gasteiger partial charge >= 0.3 is 12.3 Å². The fourth-order valence-electron chi connectivity index (χ4n) is 4.58. The first-order valence-corrected chi connectivity index (χ1v) is 10.8. The number of benzene rings is 2. The Morgan fingerprint density at radius 2 is 1.86 bits per heavy atom. The monoisotopic (exact) mass is 504 g/mol. The Bertz CT molecular complexity index is 1260. The number of nitrogens with zero attached hydrogens (tertiary/aromatic N) is 4. The van der Waals surface area contributed by atoms with Crippen LogP contribution in [0.2, 0.25) is 0 Å². The number of amides is 3. The van der Waals surface area contributed by atoms with E-state index in [2.05, 4.69) is 0 Å². The molecule has 8 nitrogen and oxygen atoms in total. The molecule has 2 heterocycles. The zero-order valence-electron chi connectivity index (χ0n) is 19.0. The summed E-state index contributed by atoms with van der Waals surface area (Å²) in [4.78, 5) is 42.8. The standard InChI is InChI=1S/C24H20F4N4O4/c1-36-22(35)30-9-8-23(14-30)21(34)31(19-7-4-16(11-29)10-18(19)25)13-20(33)32(23)12-15-2-5-17(6-3-15)24(26,27)28/h2-7,10H,8-9,12-14H2,1H3/t23-/m1/s1. The molecule has 0 unspecified atom stereocenters. The van der Waals surface area contributed by atoms with E-state index < -0.39 is 47.5 Å². The van der Waals surface area contributed by atoms with Crippen molar-refractivity contribution in [2.24, 2.45) is 0 Å². The normalized spacial score (nSPS) is 20.2. The lowest BCUT2D eigenvalue weighted by Crippen LogP contribution is -2.69. The Morgan fingerprint density at radius 3 is 2.44 bits per heavy atom. The van der Waals surface area contributed by atoms with Gasteiger partial charge in [-0.2, -0.15) is 18.4 Å². The predicted octanol–water partition coefficient (Wildman–Crippen LogP) is 3.30. The van der Waals surface area contributed by atoms with Gasteiger partial charge in [0.05, 0.1) is 36.5 Å². The molecule has 0 aliphatic carbocycles. The van der Waals surface area contributed by atoms with Gasteiger partial charge in [-0.1, -0.05) is 12.1 Å². The van der Waals surface area contributed by atoms with Gasteiger partial charge in [-0.15, -0.1) is 0 Å². The number of anilines is 1. The molecule has 188 valence electrons. The van der Waals surface area contributed by atoms with E-state index in [1.807, 2.05) is 0 Å². The van der Waals surface area contributed by atoms with Crippen LogP contribution >= 0.6 is 0 Å². The van der Waals surface area contributed by atoms with Gasteiger partial charge in [0.1, 0.15) is 17.9 Å². The SMILES string of the molecule is COC(=O)N1CC[C@@]2(C1)C(=O)N(c1ccc(C#N)cc1F)CC(=O)N2Cc1ccc(C(F)(F)F)cc1. The van der Waals surface area contributed by atoms with Crippen molar-refractivity contribution in [2.75, 3.05) is 31.6 Å². The molecule has 2 aliphatic heterocycles. The van der Waals surface area contributed by atoms with E-state index >= 15 is 0 Å². The van der Waals surface area contributed by atoms with E-state index in [1.165, 1.54) is 41.2 Å². The lowest BCUT2D eigenvalue weighted by molar-refractivity contribution is -0.151. The molecule has 0 aromatic heterocycles. The maximum atomic E-state index is 14.8. The molecule has 0 radical (unpaired) electrons. The van der Waals surface area contributed by atoms with Crippen molar-refractivity contribution in [3.05, 3.63) is 65.0 Å². The second-order valence-electron chi connectivity index (χ2n) is 8.52. The first-order valence-electron chi connectivity index (χ1n) is 10.8. The number of carbonyl (C=O) groups excluding carboxylic acids is 3. The number of hydrogen-bond acceptors (Lipinski definition) is 5. The zero-order chi connectivity index (χ0) is 26.3. The third-order valence-electron chi connectivity index (χ3n) is 6.42. The van der Waals surface area contributed by atoms with Crippen LogP contribution in [0.15, 0.2) is 42.5 Å². The largest absolute Gasteiger partial charge is 0.453 e. The second-order valence-corrected chi connectivity index (χ2v) is 8.52. The average Bonchev–Trinajstić information content (AvgIpc) is 3.30. The number of hydrogen-bond donors (Lipinski definition) is 0. The van der Waals surface area contributed by atoms with Crippen LogP contribution in [-0.4, -0.2) is 60.0 Å². The fraction of sp³-hybridized carbons (Fsp3) is 0.333. The molecule has 2 aromatic carbocycles. The van der Waals surface area contributed by atoms with Crippen molar-refractivity contribution in [2.45, 2.75) is 24.7 Å². The van der Waals surface area contributed by atoms with Crippen molar-refractivity contribution in [1.29, 1.82) is 5.26 Å². The molecule has 3 amide bonds. The molecule has 0 saturated carbocycles. The summed E-state index contributed by atoms with van der Waals surface area (Å²) < 4.78 is 58.4. The predicted molar refractivity (Wildman–Crippen MR) is 117 cm³/mol. The Morgan fingerprint density at radius 1 is 1.17 bits per heavy atom. The van der Waals surface area contributed by atoms with E-state index in [9.17, 15) is 31.9 Å². The average molecular weight is 504 g/mol. The summed E-state index contributed by atoms with van der Waals surface area (Å²) in [6.07, 6.45) is -5.24. The van der Waals surface area contributed by atoms with Gasteiger partial charge in [0.15, 0.2) is 0 Å². The molecular weight excluding hydrogens is 484 g/mol. The van der Waals surface area contributed by atoms with Crippen LogP contribution in [0.4, 0.5) is 28.0 Å². The molecule has 12 heteroatoms. The van der Waals surface area contributed by atoms with Crippen molar-refractivity contribution < 1.29 is 36.7 Å². The number of alkyl halides is 3. The highest BCUT2D eigenvalue weighted by Gasteiger charge is 2.57. The number of halogens is 4. The fourth-order valence-corrected chi connectivity index (χ4v) is 4.58. The molecule has 0 bridgehead atoms. The quantitative estimate of drug-likeness (QED) is 0.598. The smallest absolute Gasteiger partial charge is 0.416 e. The Kier molecular flexibility index (Phi) is 6.34. The van der Waals surface area contributed by atoms with Gasteiger partial charge in [0, 0.05) is 13.1 Å². The van der Waals surface area contributed by atoms with Gasteiger partial charge in [0.2, 0.25) is 5.91 Å². The van der Waals surface area contributed by atoms with Crippen LogP contribution in [0.25, 0.3) is 0 Å². The molecule has 0 N–H and O–H groups in total. The molecule has 1 spiro atoms. The van der Waals surface area contributed by atoms with Crippen LogP contribution in [-0.2, 0) is 27.0 Å². The van der Waals surface area contributed by atoms with Crippen LogP contribution in [0.5, 0.6) is 0 Å². The Labute approximate surface area is 203 Å². The number of piperazine rings is 1. The van der Waals surface area contributed by atoms with Crippen molar-refractivity contribution in [3.63, 3.8) is 0 Å². The number of rotatable bonds is 3. The van der Waals surface area contributed by atoms with Crippen LogP contribution in [0, 0.1) is 17.1 Å². The minimum atomic E-state index is -4.53. The van der Waals surface area contributed by atoms with Crippen molar-refractivity contribution >= 4 is 23.6 Å². The summed E-state index contributed by atoms with van der Waals surface area (Å²) >= 11 is 0. The van der Waals surface area contributed by atoms with Gasteiger partial charge < -0.3 is 14.5 Å². The molecule has 36 heavy (non-hydrogen) atoms. The lowest BCUT2D eigenvalue weighted by atomic mass is 9.89. The number of methoxy groups -OCH3 is 1. The number of ether oxygens (including phenoxy) is 1. The summed E-state index contributed by atoms with van der Waals surface area (Å²) in [5.41, 5.74) is -2.27. The first kappa shape index (κ1) is 25.0. The molecule has 2 aromatic rings. The second kappa shape index (κ2) is 9.14. The summed E-state index contributed by atoms with van der Waals surface area (Å²) in [6, 6.07) is 9.47. The molecular formula is C24H20F4N4O4. The summed E-state index contributed by atoms with van der Waals surface area (Å²) in [5.74, 6) is -2.10. The maximum Gasteiger partial charge on any atom is 0.416 e. The Balaban J connectivity index is 1.71. The van der Waals surface area contributed by atoms with Crippen LogP contribution in [0.1, 0.15) is 23.1 Å². The third kappa shape index (κ3) is 4.32. The van der Waals surface area contributed by atoms with E-state index in [0.29, 0.717) is 5.56 Å². The van der Waals surface area contributed by atoms with Crippen LogP contribution in [0.3, 0.4) is 0 Å². The van der Waals surface area contributed by atoms with Crippen LogP contribution < -0.4 is 4.90 Å². The summed E-state index contributed by atoms with van der Waals surface area (Å²) in [5, 5.41) is 9.00. The summed E-state index contributed by atoms with van der Waals surface area (Å²) in [6.45, 7) is -0.887. The lowest BCUT2D eigenvalue weighted by Gasteiger charge is -2.47. The minimum Gasteiger partial charge on any atom is -0.453 e. The van der Waals surface area contributed by atoms with Gasteiger partial charge in [0.25, 0.3) is 5.91 Å². The molecule has 2 saturated heterocycles. The van der Waals surface area contributed by atoms with E-state index in [0.717, 1.165) is 23.1 Å². The maximum absolute atomic E-state index is 14.8. The van der Waals surface area contributed by atoms with Gasteiger partial charge in [-0.3, -0.25) is 14.5 Å². The zero-order valence-corrected chi connectivity index (χ0v) is 19.0. The minimum absolute atomic E-state index is 0.0156. The molecule has 2 fully saturated rings. The first-order chi connectivity index (χ1) is 17.0. The van der Waals surface area contributed by atoms with E-state index in [1.54, 1.807) is 6.07 Å². The van der Waals surface area contributed by atoms with Crippen molar-refractivity contribution in [1.82, 2.24) is 9.80 Å². The molecule has 2 aliphatic rings. The number of likely N-dealkylation sites (tertiary alicyclic amines) is 1. The topological polar surface area (TPSA) is 94.0 Å². The molecule has 4 rings (SSSR count). The Hall–Kier alpha value is -4.14. The number of nitriles is 1. The highest BCUT2D eigenvalue weighted by Crippen LogP contribution is 2.38. The molecule has 1 atom stereocenters. The summed E-state index contributed by atoms with van der Waals surface area (Å²) in [7, 11) is 1.17. The van der Waals surface area contributed by atoms with Gasteiger partial charge in [-0.05, 0) is 42.3 Å². The van der Waals surface area contributed by atoms with Gasteiger partial charge in [-0.25, -0.2) is 9.18 Å². The van der Waals surface area contributed by atoms with E-state index in [4.69, 9.17) is 10.00 Å². The highest BCUT2D eigenvalue weighted by atomic mass is 19.4. The highest BCUT2D eigenvalue weighted by molar-refractivity contribution is 6.09. The third-order valence-corrected chi connectivity index (χ3v) is 6.42. The van der Waals surface area contributed by atoms with E-state index in [-0.39, 0.29) is 37.3 Å². The van der Waals surface area contributed by atoms with Crippen molar-refractivity contribution in [3.8, 4) is 6.07 Å².